The zero-order chi connectivity index (χ0) is 12.4. The molecule has 2 saturated heterocycles. The smallest absolute Gasteiger partial charge is 0.245 e. The summed E-state index contributed by atoms with van der Waals surface area (Å²) in [6, 6.07) is -0.203. The van der Waals surface area contributed by atoms with Crippen molar-refractivity contribution in [2.24, 2.45) is 0 Å². The highest BCUT2D eigenvalue weighted by atomic mass is 16.2. The van der Waals surface area contributed by atoms with Gasteiger partial charge in [-0.25, -0.2) is 0 Å². The van der Waals surface area contributed by atoms with Crippen LogP contribution in [0.1, 0.15) is 32.6 Å². The molecule has 0 spiro atoms. The molecule has 2 rings (SSSR count). The Morgan fingerprint density at radius 1 is 1.47 bits per heavy atom. The van der Waals surface area contributed by atoms with Crippen molar-refractivity contribution in [3.63, 3.8) is 0 Å². The molecule has 2 aliphatic heterocycles. The summed E-state index contributed by atoms with van der Waals surface area (Å²) in [5.74, 6) is 2.77. The molecule has 2 fully saturated rings. The molecular formula is C13H18N2O2. The highest BCUT2D eigenvalue weighted by molar-refractivity contribution is 5.90. The third kappa shape index (κ3) is 2.14. The number of nitrogens with zero attached hydrogens (tertiary/aromatic N) is 2. The summed E-state index contributed by atoms with van der Waals surface area (Å²) in [5, 5.41) is 0. The van der Waals surface area contributed by atoms with Crippen molar-refractivity contribution < 1.29 is 9.59 Å². The van der Waals surface area contributed by atoms with Crippen LogP contribution in [0.2, 0.25) is 0 Å². The molecule has 0 N–H and O–H groups in total. The lowest BCUT2D eigenvalue weighted by Gasteiger charge is -2.29. The van der Waals surface area contributed by atoms with Crippen LogP contribution in [-0.4, -0.2) is 46.8 Å². The molecule has 0 aromatic heterocycles. The van der Waals surface area contributed by atoms with E-state index in [-0.39, 0.29) is 23.9 Å². The van der Waals surface area contributed by atoms with Crippen LogP contribution in [0.5, 0.6) is 0 Å². The van der Waals surface area contributed by atoms with E-state index >= 15 is 0 Å². The average Bonchev–Trinajstić information content (AvgIpc) is 2.74. The van der Waals surface area contributed by atoms with Gasteiger partial charge >= 0.3 is 0 Å². The van der Waals surface area contributed by atoms with Crippen LogP contribution in [-0.2, 0) is 9.59 Å². The Labute approximate surface area is 102 Å². The average molecular weight is 234 g/mol. The molecule has 0 aromatic carbocycles. The molecule has 4 heteroatoms. The van der Waals surface area contributed by atoms with Crippen molar-refractivity contribution >= 4 is 11.8 Å². The lowest BCUT2D eigenvalue weighted by molar-refractivity contribution is -0.140. The second-order valence-corrected chi connectivity index (χ2v) is 4.78. The third-order valence-electron chi connectivity index (χ3n) is 3.65. The van der Waals surface area contributed by atoms with Crippen LogP contribution in [0.4, 0.5) is 0 Å². The summed E-state index contributed by atoms with van der Waals surface area (Å²) in [5.41, 5.74) is 0. The first-order valence-electron chi connectivity index (χ1n) is 6.18. The van der Waals surface area contributed by atoms with Crippen molar-refractivity contribution in [2.45, 2.75) is 44.7 Å². The SMILES string of the molecule is C#CCC(C)N1CCC(=O)N2CCCC2C1=O. The number of hydrogen-bond acceptors (Lipinski definition) is 2. The molecule has 2 unspecified atom stereocenters. The number of amides is 2. The van der Waals surface area contributed by atoms with Crippen molar-refractivity contribution in [2.75, 3.05) is 13.1 Å². The van der Waals surface area contributed by atoms with Gasteiger partial charge in [-0.1, -0.05) is 0 Å². The predicted octanol–water partition coefficient (Wildman–Crippen LogP) is 0.621. The molecule has 17 heavy (non-hydrogen) atoms. The van der Waals surface area contributed by atoms with E-state index in [4.69, 9.17) is 6.42 Å². The number of rotatable bonds is 2. The van der Waals surface area contributed by atoms with Gasteiger partial charge in [-0.05, 0) is 19.8 Å². The van der Waals surface area contributed by atoms with Crippen LogP contribution in [0.15, 0.2) is 0 Å². The fourth-order valence-electron chi connectivity index (χ4n) is 2.70. The fraction of sp³-hybridized carbons (Fsp3) is 0.692. The molecule has 2 aliphatic rings. The minimum atomic E-state index is -0.231. The van der Waals surface area contributed by atoms with E-state index in [9.17, 15) is 9.59 Å². The van der Waals surface area contributed by atoms with Crippen LogP contribution in [0, 0.1) is 12.3 Å². The second-order valence-electron chi connectivity index (χ2n) is 4.78. The van der Waals surface area contributed by atoms with E-state index in [0.29, 0.717) is 19.4 Å². The Bertz CT molecular complexity index is 372. The number of carbonyl (C=O) groups is 2. The first-order chi connectivity index (χ1) is 8.15. The summed E-state index contributed by atoms with van der Waals surface area (Å²) in [6.45, 7) is 3.19. The second kappa shape index (κ2) is 4.79. The Morgan fingerprint density at radius 3 is 2.94 bits per heavy atom. The maximum atomic E-state index is 12.4. The maximum absolute atomic E-state index is 12.4. The third-order valence-corrected chi connectivity index (χ3v) is 3.65. The Hall–Kier alpha value is -1.50. The molecule has 92 valence electrons. The number of fused-ring (bicyclic) bond motifs is 1. The highest BCUT2D eigenvalue weighted by Gasteiger charge is 2.40. The Balaban J connectivity index is 2.17. The van der Waals surface area contributed by atoms with E-state index in [1.54, 1.807) is 9.80 Å². The largest absolute Gasteiger partial charge is 0.337 e. The molecule has 0 bridgehead atoms. The summed E-state index contributed by atoms with van der Waals surface area (Å²) in [6.07, 6.45) is 7.99. The monoisotopic (exact) mass is 234 g/mol. The molecule has 0 saturated carbocycles. The molecule has 2 amide bonds. The van der Waals surface area contributed by atoms with Crippen LogP contribution in [0.3, 0.4) is 0 Å². The first-order valence-corrected chi connectivity index (χ1v) is 6.18. The van der Waals surface area contributed by atoms with Gasteiger partial charge in [-0.2, -0.15) is 0 Å². The van der Waals surface area contributed by atoms with Crippen molar-refractivity contribution in [3.05, 3.63) is 0 Å². The van der Waals surface area contributed by atoms with Gasteiger partial charge in [0.25, 0.3) is 0 Å². The molecule has 0 radical (unpaired) electrons. The van der Waals surface area contributed by atoms with Crippen LogP contribution >= 0.6 is 0 Å². The first kappa shape index (κ1) is 12.0. The van der Waals surface area contributed by atoms with Crippen LogP contribution in [0.25, 0.3) is 0 Å². The summed E-state index contributed by atoms with van der Waals surface area (Å²) in [4.78, 5) is 27.8. The summed E-state index contributed by atoms with van der Waals surface area (Å²) < 4.78 is 0. The molecule has 2 heterocycles. The van der Waals surface area contributed by atoms with Crippen molar-refractivity contribution in [1.82, 2.24) is 9.80 Å². The van der Waals surface area contributed by atoms with Crippen LogP contribution < -0.4 is 0 Å². The van der Waals surface area contributed by atoms with Gasteiger partial charge in [-0.15, -0.1) is 12.3 Å². The van der Waals surface area contributed by atoms with Gasteiger partial charge in [0.15, 0.2) is 0 Å². The quantitative estimate of drug-likeness (QED) is 0.657. The van der Waals surface area contributed by atoms with E-state index in [1.165, 1.54) is 0 Å². The van der Waals surface area contributed by atoms with Gasteiger partial charge in [0, 0.05) is 32.0 Å². The zero-order valence-electron chi connectivity index (χ0n) is 10.2. The normalized spacial score (nSPS) is 26.5. The molecular weight excluding hydrogens is 216 g/mol. The number of hydrogen-bond donors (Lipinski definition) is 0. The van der Waals surface area contributed by atoms with E-state index < -0.39 is 0 Å². The lowest BCUT2D eigenvalue weighted by Crippen LogP contribution is -2.46. The van der Waals surface area contributed by atoms with Gasteiger partial charge in [0.2, 0.25) is 11.8 Å². The number of carbonyl (C=O) groups excluding carboxylic acids is 2. The lowest BCUT2D eigenvalue weighted by atomic mass is 10.1. The highest BCUT2D eigenvalue weighted by Crippen LogP contribution is 2.24. The Kier molecular flexibility index (Phi) is 3.37. The maximum Gasteiger partial charge on any atom is 0.245 e. The topological polar surface area (TPSA) is 40.6 Å². The molecule has 4 nitrogen and oxygen atoms in total. The Morgan fingerprint density at radius 2 is 2.24 bits per heavy atom. The van der Waals surface area contributed by atoms with Gasteiger partial charge in [-0.3, -0.25) is 9.59 Å². The number of terminal acetylenes is 1. The van der Waals surface area contributed by atoms with E-state index in [0.717, 1.165) is 19.4 Å². The summed E-state index contributed by atoms with van der Waals surface area (Å²) in [7, 11) is 0. The van der Waals surface area contributed by atoms with E-state index in [2.05, 4.69) is 5.92 Å². The minimum Gasteiger partial charge on any atom is -0.337 e. The van der Waals surface area contributed by atoms with Gasteiger partial charge < -0.3 is 9.80 Å². The van der Waals surface area contributed by atoms with Crippen molar-refractivity contribution in [3.8, 4) is 12.3 Å². The van der Waals surface area contributed by atoms with Gasteiger partial charge in [0.1, 0.15) is 6.04 Å². The molecule has 2 atom stereocenters. The molecule has 0 aromatic rings. The fourth-order valence-corrected chi connectivity index (χ4v) is 2.70. The predicted molar refractivity (Wildman–Crippen MR) is 64.0 cm³/mol. The zero-order valence-corrected chi connectivity index (χ0v) is 10.2. The molecule has 0 aliphatic carbocycles. The standard InChI is InChI=1S/C13H18N2O2/c1-3-5-10(2)14-9-7-12(16)15-8-4-6-11(15)13(14)17/h1,10-11H,4-9H2,2H3. The summed E-state index contributed by atoms with van der Waals surface area (Å²) >= 11 is 0. The van der Waals surface area contributed by atoms with Gasteiger partial charge in [0.05, 0.1) is 0 Å². The van der Waals surface area contributed by atoms with E-state index in [1.807, 2.05) is 6.92 Å². The minimum absolute atomic E-state index is 0.0286. The van der Waals surface area contributed by atoms with Crippen molar-refractivity contribution in [1.29, 1.82) is 0 Å².